The van der Waals surface area contributed by atoms with E-state index in [0.29, 0.717) is 17.5 Å². The maximum absolute atomic E-state index is 5.32. The summed E-state index contributed by atoms with van der Waals surface area (Å²) in [4.78, 5) is 15.7. The molecule has 12 rings (SSSR count). The summed E-state index contributed by atoms with van der Waals surface area (Å²) in [6.07, 6.45) is 0. The summed E-state index contributed by atoms with van der Waals surface area (Å²) in [6.45, 7) is 0. The van der Waals surface area contributed by atoms with E-state index < -0.39 is 5.41 Å². The van der Waals surface area contributed by atoms with E-state index in [4.69, 9.17) is 15.0 Å². The van der Waals surface area contributed by atoms with Crippen LogP contribution in [0.15, 0.2) is 212 Å². The van der Waals surface area contributed by atoms with Crippen molar-refractivity contribution in [2.45, 2.75) is 5.41 Å². The van der Waals surface area contributed by atoms with Crippen molar-refractivity contribution in [2.75, 3.05) is 0 Å². The summed E-state index contributed by atoms with van der Waals surface area (Å²) < 4.78 is 0. The first-order chi connectivity index (χ1) is 29.2. The van der Waals surface area contributed by atoms with Crippen LogP contribution in [0.3, 0.4) is 0 Å². The van der Waals surface area contributed by atoms with Crippen molar-refractivity contribution >= 4 is 10.8 Å². The van der Waals surface area contributed by atoms with Gasteiger partial charge in [0.05, 0.1) is 5.41 Å². The van der Waals surface area contributed by atoms with Crippen LogP contribution in [0.2, 0.25) is 0 Å². The molecule has 1 heterocycles. The van der Waals surface area contributed by atoms with Gasteiger partial charge in [-0.1, -0.05) is 188 Å². The molecule has 10 aromatic rings. The average molecular weight is 750 g/mol. The predicted molar refractivity (Wildman–Crippen MR) is 241 cm³/mol. The minimum atomic E-state index is -0.640. The Hall–Kier alpha value is -7.75. The lowest BCUT2D eigenvalue weighted by Crippen LogP contribution is -2.29. The molecule has 0 amide bonds. The Kier molecular flexibility index (Phi) is 7.45. The minimum Gasteiger partial charge on any atom is -0.208 e. The molecule has 0 saturated heterocycles. The lowest BCUT2D eigenvalue weighted by atomic mass is 9.65. The smallest absolute Gasteiger partial charge is 0.164 e. The Bertz CT molecular complexity index is 3280. The zero-order valence-corrected chi connectivity index (χ0v) is 32.0. The molecule has 1 unspecified atom stereocenters. The monoisotopic (exact) mass is 749 g/mol. The average Bonchev–Trinajstić information content (AvgIpc) is 3.54. The zero-order valence-electron chi connectivity index (χ0n) is 32.0. The molecule has 0 aliphatic heterocycles. The Labute approximate surface area is 343 Å². The van der Waals surface area contributed by atoms with Crippen LogP contribution in [-0.4, -0.2) is 15.0 Å². The van der Waals surface area contributed by atoms with Crippen LogP contribution in [0.25, 0.3) is 89.4 Å². The van der Waals surface area contributed by atoms with Crippen LogP contribution >= 0.6 is 0 Å². The molecule has 0 N–H and O–H groups in total. The second-order valence-corrected chi connectivity index (χ2v) is 15.5. The summed E-state index contributed by atoms with van der Waals surface area (Å²) in [7, 11) is 0. The maximum Gasteiger partial charge on any atom is 0.164 e. The van der Waals surface area contributed by atoms with Crippen molar-refractivity contribution < 1.29 is 0 Å². The quantitative estimate of drug-likeness (QED) is 0.180. The Morgan fingerprint density at radius 3 is 1.34 bits per heavy atom. The van der Waals surface area contributed by atoms with Gasteiger partial charge in [0.1, 0.15) is 0 Å². The fourth-order valence-electron chi connectivity index (χ4n) is 9.73. The molecule has 1 aromatic heterocycles. The molecule has 0 bridgehead atoms. The molecule has 2 aliphatic carbocycles. The van der Waals surface area contributed by atoms with Gasteiger partial charge < -0.3 is 0 Å². The van der Waals surface area contributed by atoms with Crippen LogP contribution in [0.4, 0.5) is 0 Å². The summed E-state index contributed by atoms with van der Waals surface area (Å²) in [5.74, 6) is 1.90. The predicted octanol–water partition coefficient (Wildman–Crippen LogP) is 13.7. The maximum atomic E-state index is 5.32. The fraction of sp³-hybridized carbons (Fsp3) is 0.0179. The highest BCUT2D eigenvalue weighted by molar-refractivity contribution is 6.01. The molecular weight excluding hydrogens is 715 g/mol. The zero-order chi connectivity index (χ0) is 38.9. The second-order valence-electron chi connectivity index (χ2n) is 15.5. The molecule has 1 spiro atoms. The first-order valence-electron chi connectivity index (χ1n) is 20.2. The first-order valence-corrected chi connectivity index (χ1v) is 20.2. The van der Waals surface area contributed by atoms with Crippen LogP contribution in [0.5, 0.6) is 0 Å². The van der Waals surface area contributed by atoms with Gasteiger partial charge in [0.15, 0.2) is 17.5 Å². The molecule has 59 heavy (non-hydrogen) atoms. The third-order valence-corrected chi connectivity index (χ3v) is 12.3. The lowest BCUT2D eigenvalue weighted by molar-refractivity contribution is 0.776. The Balaban J connectivity index is 1.16. The number of fused-ring (bicyclic) bond motifs is 13. The molecule has 3 nitrogen and oxygen atoms in total. The van der Waals surface area contributed by atoms with E-state index in [2.05, 4.69) is 188 Å². The van der Waals surface area contributed by atoms with E-state index in [1.54, 1.807) is 0 Å². The van der Waals surface area contributed by atoms with Crippen LogP contribution in [0, 0.1) is 0 Å². The van der Waals surface area contributed by atoms with E-state index in [1.807, 2.05) is 24.3 Å². The van der Waals surface area contributed by atoms with Gasteiger partial charge in [-0.05, 0) is 102 Å². The number of nitrogens with zero attached hydrogens (tertiary/aromatic N) is 3. The van der Waals surface area contributed by atoms with Crippen molar-refractivity contribution in [1.29, 1.82) is 0 Å². The number of hydrogen-bond acceptors (Lipinski definition) is 3. The number of aromatic nitrogens is 3. The van der Waals surface area contributed by atoms with E-state index in [0.717, 1.165) is 27.8 Å². The van der Waals surface area contributed by atoms with Gasteiger partial charge in [0, 0.05) is 16.7 Å². The summed E-state index contributed by atoms with van der Waals surface area (Å²) in [5, 5.41) is 2.46. The normalized spacial score (nSPS) is 14.5. The van der Waals surface area contributed by atoms with Gasteiger partial charge in [-0.25, -0.2) is 15.0 Å². The first kappa shape index (κ1) is 33.4. The third kappa shape index (κ3) is 5.11. The Morgan fingerprint density at radius 2 is 0.678 bits per heavy atom. The summed E-state index contributed by atoms with van der Waals surface area (Å²) in [6, 6.07) is 76.6. The van der Waals surface area contributed by atoms with Crippen molar-refractivity contribution in [1.82, 2.24) is 15.0 Å². The highest BCUT2D eigenvalue weighted by atomic mass is 15.0. The molecular formula is C56H35N3. The van der Waals surface area contributed by atoms with Gasteiger partial charge >= 0.3 is 0 Å². The molecule has 1 atom stereocenters. The molecule has 9 aromatic carbocycles. The Morgan fingerprint density at radius 1 is 0.237 bits per heavy atom. The standard InChI is InChI=1S/C56H35N3/c1-3-16-36(17-4-1)38-22-15-23-41(32-38)54-57-53(37-18-5-2-6-19-37)58-55(59-54)42-30-31-47-44-25-10-9-24-43(44)45-26-11-13-28-49(45)56(51(47)35-42)50-29-14-12-27-46(50)48-33-39-20-7-8-21-40(39)34-52(48)56/h1-35H. The van der Waals surface area contributed by atoms with E-state index in [-0.39, 0.29) is 0 Å². The third-order valence-electron chi connectivity index (χ3n) is 12.3. The highest BCUT2D eigenvalue weighted by Crippen LogP contribution is 2.62. The van der Waals surface area contributed by atoms with Crippen LogP contribution in [0.1, 0.15) is 22.3 Å². The second kappa shape index (κ2) is 13.2. The van der Waals surface area contributed by atoms with Gasteiger partial charge in [0.25, 0.3) is 0 Å². The van der Waals surface area contributed by atoms with Crippen molar-refractivity contribution in [2.24, 2.45) is 0 Å². The summed E-state index contributed by atoms with van der Waals surface area (Å²) in [5.41, 5.74) is 16.9. The SMILES string of the molecule is c1ccc(-c2cccc(-c3nc(-c4ccccc4)nc(-c4ccc5c(c4)C4(c6ccccc6-c6ccccc6-5)c5ccccc5-c5cc6ccccc6cc54)n3)c2)cc1. The summed E-state index contributed by atoms with van der Waals surface area (Å²) >= 11 is 0. The highest BCUT2D eigenvalue weighted by Gasteiger charge is 2.50. The molecule has 2 aliphatic rings. The molecule has 3 heteroatoms. The number of benzene rings is 9. The van der Waals surface area contributed by atoms with Gasteiger partial charge in [0.2, 0.25) is 0 Å². The van der Waals surface area contributed by atoms with Gasteiger partial charge in [-0.3, -0.25) is 0 Å². The van der Waals surface area contributed by atoms with E-state index in [1.165, 1.54) is 66.4 Å². The minimum absolute atomic E-state index is 0.632. The van der Waals surface area contributed by atoms with Gasteiger partial charge in [-0.2, -0.15) is 0 Å². The number of hydrogen-bond donors (Lipinski definition) is 0. The molecule has 274 valence electrons. The van der Waals surface area contributed by atoms with Crippen molar-refractivity contribution in [3.63, 3.8) is 0 Å². The van der Waals surface area contributed by atoms with E-state index >= 15 is 0 Å². The molecule has 0 fully saturated rings. The van der Waals surface area contributed by atoms with E-state index in [9.17, 15) is 0 Å². The topological polar surface area (TPSA) is 38.7 Å². The molecule has 0 saturated carbocycles. The van der Waals surface area contributed by atoms with Crippen LogP contribution < -0.4 is 0 Å². The van der Waals surface area contributed by atoms with Crippen LogP contribution in [-0.2, 0) is 5.41 Å². The van der Waals surface area contributed by atoms with Gasteiger partial charge in [-0.15, -0.1) is 0 Å². The number of rotatable bonds is 4. The fourth-order valence-corrected chi connectivity index (χ4v) is 9.73. The lowest BCUT2D eigenvalue weighted by Gasteiger charge is -2.35. The largest absolute Gasteiger partial charge is 0.208 e. The van der Waals surface area contributed by atoms with Crippen molar-refractivity contribution in [3.8, 4) is 78.7 Å². The van der Waals surface area contributed by atoms with Crippen molar-refractivity contribution in [3.05, 3.63) is 235 Å². The molecule has 0 radical (unpaired) electrons.